The fourth-order valence-electron chi connectivity index (χ4n) is 3.55. The molecule has 30 heavy (non-hydrogen) atoms. The van der Waals surface area contributed by atoms with Gasteiger partial charge in [0.05, 0.1) is 10.6 Å². The lowest BCUT2D eigenvalue weighted by molar-refractivity contribution is 0.102. The Kier molecular flexibility index (Phi) is 5.69. The summed E-state index contributed by atoms with van der Waals surface area (Å²) in [5, 5.41) is 6.78. The lowest BCUT2D eigenvalue weighted by atomic mass is 9.97. The maximum absolute atomic E-state index is 12.8. The second-order valence-electron chi connectivity index (χ2n) is 7.37. The zero-order valence-corrected chi connectivity index (χ0v) is 17.5. The Hall–Kier alpha value is -2.97. The molecule has 8 heteroatoms. The molecule has 0 bridgehead atoms. The minimum atomic E-state index is -3.67. The predicted octanol–water partition coefficient (Wildman–Crippen LogP) is 3.63. The van der Waals surface area contributed by atoms with Crippen molar-refractivity contribution >= 4 is 21.8 Å². The fraction of sp³-hybridized carbons (Fsp3) is 0.273. The van der Waals surface area contributed by atoms with Crippen molar-refractivity contribution in [2.45, 2.75) is 37.1 Å². The van der Waals surface area contributed by atoms with Gasteiger partial charge in [0, 0.05) is 24.7 Å². The van der Waals surface area contributed by atoms with Crippen molar-refractivity contribution in [1.29, 1.82) is 0 Å². The summed E-state index contributed by atoms with van der Waals surface area (Å²) in [6, 6.07) is 15.3. The molecule has 0 spiro atoms. The molecular formula is C22H23N3O4S. The molecule has 1 aromatic heterocycles. The van der Waals surface area contributed by atoms with E-state index in [1.165, 1.54) is 35.6 Å². The molecule has 0 saturated carbocycles. The van der Waals surface area contributed by atoms with Crippen LogP contribution in [-0.2, 0) is 29.4 Å². The van der Waals surface area contributed by atoms with Crippen molar-refractivity contribution in [2.24, 2.45) is 0 Å². The third kappa shape index (κ3) is 4.15. The van der Waals surface area contributed by atoms with E-state index in [9.17, 15) is 13.2 Å². The molecule has 1 heterocycles. The molecule has 2 aromatic carbocycles. The van der Waals surface area contributed by atoms with E-state index in [1.807, 2.05) is 30.3 Å². The Labute approximate surface area is 175 Å². The number of aromatic nitrogens is 1. The molecule has 1 aliphatic carbocycles. The van der Waals surface area contributed by atoms with E-state index < -0.39 is 10.0 Å². The van der Waals surface area contributed by atoms with E-state index >= 15 is 0 Å². The number of carbonyl (C=O) groups is 1. The molecule has 0 saturated heterocycles. The summed E-state index contributed by atoms with van der Waals surface area (Å²) in [6.45, 7) is 0.266. The third-order valence-corrected chi connectivity index (χ3v) is 7.08. The third-order valence-electron chi connectivity index (χ3n) is 5.26. The highest BCUT2D eigenvalue weighted by Crippen LogP contribution is 2.28. The Morgan fingerprint density at radius 2 is 1.77 bits per heavy atom. The van der Waals surface area contributed by atoms with Crippen LogP contribution in [0, 0.1) is 0 Å². The molecule has 0 fully saturated rings. The first kappa shape index (κ1) is 20.3. The topological polar surface area (TPSA) is 92.5 Å². The lowest BCUT2D eigenvalue weighted by Gasteiger charge is -2.17. The Balaban J connectivity index is 1.46. The molecule has 0 unspecified atom stereocenters. The van der Waals surface area contributed by atoms with Gasteiger partial charge in [-0.25, -0.2) is 8.42 Å². The van der Waals surface area contributed by atoms with Crippen molar-refractivity contribution in [3.8, 4) is 0 Å². The van der Waals surface area contributed by atoms with E-state index in [0.29, 0.717) is 11.4 Å². The number of benzene rings is 2. The molecule has 3 aromatic rings. The molecular weight excluding hydrogens is 402 g/mol. The summed E-state index contributed by atoms with van der Waals surface area (Å²) in [5.74, 6) is 0.0232. The Bertz CT molecular complexity index is 1140. The lowest BCUT2D eigenvalue weighted by Crippen LogP contribution is -2.26. The highest BCUT2D eigenvalue weighted by Gasteiger charge is 2.23. The number of carbonyl (C=O) groups excluding carboxylic acids is 1. The fourth-order valence-corrected chi connectivity index (χ4v) is 4.71. The van der Waals surface area contributed by atoms with E-state index in [-0.39, 0.29) is 17.3 Å². The number of nitrogens with one attached hydrogen (secondary N) is 1. The first-order valence-electron chi connectivity index (χ1n) is 9.84. The van der Waals surface area contributed by atoms with Crippen LogP contribution in [0.5, 0.6) is 0 Å². The molecule has 7 nitrogen and oxygen atoms in total. The van der Waals surface area contributed by atoms with E-state index in [4.69, 9.17) is 4.52 Å². The van der Waals surface area contributed by atoms with Crippen LogP contribution in [0.15, 0.2) is 64.0 Å². The standard InChI is InChI=1S/C22H23N3O4S/c1-25(15-16-7-3-2-4-8-16)30(27,28)18-13-11-17(12-14-18)21(26)23-22-19-9-5-6-10-20(19)24-29-22/h2-4,7-8,11-14H,5-6,9-10,15H2,1H3,(H,23,26). The number of nitrogens with zero attached hydrogens (tertiary/aromatic N) is 2. The molecule has 0 atom stereocenters. The summed E-state index contributed by atoms with van der Waals surface area (Å²) in [4.78, 5) is 12.7. The number of hydrogen-bond acceptors (Lipinski definition) is 5. The monoisotopic (exact) mass is 425 g/mol. The van der Waals surface area contributed by atoms with Gasteiger partial charge in [0.1, 0.15) is 0 Å². The number of sulfonamides is 1. The number of anilines is 1. The molecule has 156 valence electrons. The van der Waals surface area contributed by atoms with Crippen LogP contribution < -0.4 is 5.32 Å². The summed E-state index contributed by atoms with van der Waals surface area (Å²) < 4.78 is 32.3. The van der Waals surface area contributed by atoms with Crippen molar-refractivity contribution in [3.63, 3.8) is 0 Å². The maximum Gasteiger partial charge on any atom is 0.258 e. The van der Waals surface area contributed by atoms with Crippen molar-refractivity contribution in [1.82, 2.24) is 9.46 Å². The van der Waals surface area contributed by atoms with Gasteiger partial charge in [0.2, 0.25) is 15.9 Å². The second-order valence-corrected chi connectivity index (χ2v) is 9.41. The summed E-state index contributed by atoms with van der Waals surface area (Å²) in [5.41, 5.74) is 3.10. The van der Waals surface area contributed by atoms with Crippen LogP contribution in [-0.4, -0.2) is 30.8 Å². The molecule has 4 rings (SSSR count). The minimum absolute atomic E-state index is 0.134. The van der Waals surface area contributed by atoms with Crippen LogP contribution in [0.3, 0.4) is 0 Å². The smallest absolute Gasteiger partial charge is 0.258 e. The Morgan fingerprint density at radius 3 is 2.50 bits per heavy atom. The first-order chi connectivity index (χ1) is 14.4. The van der Waals surface area contributed by atoms with Gasteiger partial charge in [0.15, 0.2) is 0 Å². The zero-order chi connectivity index (χ0) is 21.1. The normalized spacial score (nSPS) is 13.8. The van der Waals surface area contributed by atoms with Gasteiger partial charge in [-0.2, -0.15) is 4.31 Å². The number of amides is 1. The minimum Gasteiger partial charge on any atom is -0.338 e. The molecule has 1 amide bonds. The predicted molar refractivity (Wildman–Crippen MR) is 113 cm³/mol. The summed E-state index contributed by atoms with van der Waals surface area (Å²) in [6.07, 6.45) is 3.80. The molecule has 1 N–H and O–H groups in total. The molecule has 0 radical (unpaired) electrons. The SMILES string of the molecule is CN(Cc1ccccc1)S(=O)(=O)c1ccc(C(=O)Nc2onc3c2CCCC3)cc1. The highest BCUT2D eigenvalue weighted by atomic mass is 32.2. The second kappa shape index (κ2) is 8.41. The van der Waals surface area contributed by atoms with Crippen molar-refractivity contribution < 1.29 is 17.7 Å². The number of hydrogen-bond donors (Lipinski definition) is 1. The van der Waals surface area contributed by atoms with E-state index in [1.54, 1.807) is 0 Å². The summed E-state index contributed by atoms with van der Waals surface area (Å²) in [7, 11) is -2.13. The number of fused-ring (bicyclic) bond motifs is 1. The Morgan fingerprint density at radius 1 is 1.07 bits per heavy atom. The average Bonchev–Trinajstić information content (AvgIpc) is 3.17. The maximum atomic E-state index is 12.8. The van der Waals surface area contributed by atoms with Crippen molar-refractivity contribution in [3.05, 3.63) is 77.0 Å². The van der Waals surface area contributed by atoms with Gasteiger partial charge in [-0.15, -0.1) is 0 Å². The highest BCUT2D eigenvalue weighted by molar-refractivity contribution is 7.89. The largest absolute Gasteiger partial charge is 0.338 e. The quantitative estimate of drug-likeness (QED) is 0.651. The van der Waals surface area contributed by atoms with Gasteiger partial charge >= 0.3 is 0 Å². The summed E-state index contributed by atoms with van der Waals surface area (Å²) >= 11 is 0. The van der Waals surface area contributed by atoms with E-state index in [2.05, 4.69) is 10.5 Å². The van der Waals surface area contributed by atoms with Gasteiger partial charge in [-0.05, 0) is 55.5 Å². The number of rotatable bonds is 6. The van der Waals surface area contributed by atoms with Gasteiger partial charge in [-0.1, -0.05) is 35.5 Å². The number of aryl methyl sites for hydroxylation is 1. The van der Waals surface area contributed by atoms with Crippen LogP contribution >= 0.6 is 0 Å². The van der Waals surface area contributed by atoms with Crippen LogP contribution in [0.2, 0.25) is 0 Å². The first-order valence-corrected chi connectivity index (χ1v) is 11.3. The van der Waals surface area contributed by atoms with Crippen LogP contribution in [0.4, 0.5) is 5.88 Å². The van der Waals surface area contributed by atoms with Crippen molar-refractivity contribution in [2.75, 3.05) is 12.4 Å². The van der Waals surface area contributed by atoms with Gasteiger partial charge in [-0.3, -0.25) is 10.1 Å². The van der Waals surface area contributed by atoms with Gasteiger partial charge < -0.3 is 4.52 Å². The van der Waals surface area contributed by atoms with Crippen LogP contribution in [0.25, 0.3) is 0 Å². The molecule has 1 aliphatic rings. The van der Waals surface area contributed by atoms with Gasteiger partial charge in [0.25, 0.3) is 5.91 Å². The van der Waals surface area contributed by atoms with E-state index in [0.717, 1.165) is 42.5 Å². The molecule has 0 aliphatic heterocycles. The van der Waals surface area contributed by atoms with Crippen LogP contribution in [0.1, 0.15) is 40.0 Å². The average molecular weight is 426 g/mol. The zero-order valence-electron chi connectivity index (χ0n) is 16.7.